The Balaban J connectivity index is 1.81. The maximum Gasteiger partial charge on any atom is 0.191 e. The van der Waals surface area contributed by atoms with E-state index < -0.39 is 0 Å². The fourth-order valence-corrected chi connectivity index (χ4v) is 2.03. The molecule has 0 radical (unpaired) electrons. The number of rotatable bonds is 4. The predicted molar refractivity (Wildman–Crippen MR) is 72.4 cm³/mol. The lowest BCUT2D eigenvalue weighted by atomic mass is 10.4. The minimum atomic E-state index is 0.683. The number of hydrogen-bond acceptors (Lipinski definition) is 4. The molecule has 0 unspecified atom stereocenters. The van der Waals surface area contributed by atoms with Crippen molar-refractivity contribution in [1.29, 1.82) is 0 Å². The molecular formula is C11H16N6S. The van der Waals surface area contributed by atoms with Crippen LogP contribution < -0.4 is 10.6 Å². The molecule has 0 saturated carbocycles. The molecule has 2 rings (SSSR count). The van der Waals surface area contributed by atoms with Crippen molar-refractivity contribution < 1.29 is 0 Å². The van der Waals surface area contributed by atoms with Crippen LogP contribution in [0.3, 0.4) is 0 Å². The second-order valence-corrected chi connectivity index (χ2v) is 4.63. The van der Waals surface area contributed by atoms with Crippen LogP contribution in [0, 0.1) is 0 Å². The summed E-state index contributed by atoms with van der Waals surface area (Å²) in [5.74, 6) is 0.756. The lowest BCUT2D eigenvalue weighted by molar-refractivity contribution is 0.684. The van der Waals surface area contributed by atoms with Crippen molar-refractivity contribution in [2.45, 2.75) is 13.1 Å². The first kappa shape index (κ1) is 12.6. The minimum absolute atomic E-state index is 0.683. The Morgan fingerprint density at radius 3 is 2.83 bits per heavy atom. The first-order chi connectivity index (χ1) is 8.79. The molecule has 2 aromatic rings. The monoisotopic (exact) mass is 264 g/mol. The zero-order valence-electron chi connectivity index (χ0n) is 10.4. The molecule has 0 atom stereocenters. The summed E-state index contributed by atoms with van der Waals surface area (Å²) < 4.78 is 1.83. The normalized spacial score (nSPS) is 11.6. The molecule has 0 aliphatic heterocycles. The van der Waals surface area contributed by atoms with Gasteiger partial charge in [-0.3, -0.25) is 9.67 Å². The Hall–Kier alpha value is -1.89. The molecule has 0 aromatic carbocycles. The summed E-state index contributed by atoms with van der Waals surface area (Å²) in [6.45, 7) is 1.37. The molecule has 18 heavy (non-hydrogen) atoms. The fourth-order valence-electron chi connectivity index (χ4n) is 1.47. The predicted octanol–water partition coefficient (Wildman–Crippen LogP) is 0.742. The number of thiazole rings is 1. The first-order valence-corrected chi connectivity index (χ1v) is 6.47. The Morgan fingerprint density at radius 1 is 1.39 bits per heavy atom. The Labute approximate surface area is 110 Å². The highest BCUT2D eigenvalue weighted by molar-refractivity contribution is 7.09. The summed E-state index contributed by atoms with van der Waals surface area (Å²) in [7, 11) is 3.67. The second-order valence-electron chi connectivity index (χ2n) is 3.65. The molecule has 0 amide bonds. The van der Waals surface area contributed by atoms with Gasteiger partial charge < -0.3 is 10.6 Å². The molecular weight excluding hydrogens is 248 g/mol. The molecule has 0 fully saturated rings. The molecule has 0 bridgehead atoms. The van der Waals surface area contributed by atoms with E-state index in [0.29, 0.717) is 13.1 Å². The number of aryl methyl sites for hydroxylation is 1. The van der Waals surface area contributed by atoms with E-state index in [-0.39, 0.29) is 0 Å². The molecule has 2 aromatic heterocycles. The van der Waals surface area contributed by atoms with Crippen LogP contribution in [-0.4, -0.2) is 27.8 Å². The average Bonchev–Trinajstić information content (AvgIpc) is 3.01. The molecule has 0 spiro atoms. The van der Waals surface area contributed by atoms with Gasteiger partial charge in [-0.15, -0.1) is 11.3 Å². The topological polar surface area (TPSA) is 67.1 Å². The zero-order valence-corrected chi connectivity index (χ0v) is 11.2. The third kappa shape index (κ3) is 3.30. The van der Waals surface area contributed by atoms with Crippen LogP contribution in [0.4, 0.5) is 0 Å². The molecule has 0 saturated heterocycles. The van der Waals surface area contributed by atoms with Crippen LogP contribution in [0.25, 0.3) is 0 Å². The van der Waals surface area contributed by atoms with Crippen LogP contribution in [-0.2, 0) is 20.1 Å². The van der Waals surface area contributed by atoms with Crippen LogP contribution in [0.2, 0.25) is 0 Å². The van der Waals surface area contributed by atoms with Crippen molar-refractivity contribution in [2.24, 2.45) is 12.0 Å². The lowest BCUT2D eigenvalue weighted by Gasteiger charge is -2.10. The Bertz CT molecular complexity index is 501. The fraction of sp³-hybridized carbons (Fsp3) is 0.364. The van der Waals surface area contributed by atoms with Gasteiger partial charge in [0.05, 0.1) is 18.8 Å². The second kappa shape index (κ2) is 6.15. The molecule has 2 heterocycles. The van der Waals surface area contributed by atoms with E-state index >= 15 is 0 Å². The summed E-state index contributed by atoms with van der Waals surface area (Å²) >= 11 is 1.62. The third-order valence-electron chi connectivity index (χ3n) is 2.47. The maximum atomic E-state index is 4.21. The van der Waals surface area contributed by atoms with Gasteiger partial charge in [0, 0.05) is 31.9 Å². The van der Waals surface area contributed by atoms with Gasteiger partial charge in [0.25, 0.3) is 0 Å². The Kier molecular flexibility index (Phi) is 4.30. The zero-order chi connectivity index (χ0) is 12.8. The summed E-state index contributed by atoms with van der Waals surface area (Å²) in [5.41, 5.74) is 1.10. The van der Waals surface area contributed by atoms with E-state index in [9.17, 15) is 0 Å². The van der Waals surface area contributed by atoms with E-state index in [1.54, 1.807) is 30.8 Å². The maximum absolute atomic E-state index is 4.21. The number of nitrogens with one attached hydrogen (secondary N) is 2. The van der Waals surface area contributed by atoms with Crippen molar-refractivity contribution in [3.8, 4) is 0 Å². The molecule has 6 nitrogen and oxygen atoms in total. The molecule has 2 N–H and O–H groups in total. The van der Waals surface area contributed by atoms with Gasteiger partial charge >= 0.3 is 0 Å². The quantitative estimate of drug-likeness (QED) is 0.631. The van der Waals surface area contributed by atoms with Crippen LogP contribution >= 0.6 is 11.3 Å². The van der Waals surface area contributed by atoms with Crippen molar-refractivity contribution >= 4 is 17.3 Å². The van der Waals surface area contributed by atoms with Crippen molar-refractivity contribution in [3.05, 3.63) is 34.5 Å². The highest BCUT2D eigenvalue weighted by Gasteiger charge is 2.02. The van der Waals surface area contributed by atoms with Crippen LogP contribution in [0.1, 0.15) is 10.7 Å². The summed E-state index contributed by atoms with van der Waals surface area (Å²) in [5, 5.41) is 13.6. The van der Waals surface area contributed by atoms with Crippen molar-refractivity contribution in [3.63, 3.8) is 0 Å². The van der Waals surface area contributed by atoms with Crippen molar-refractivity contribution in [2.75, 3.05) is 7.05 Å². The number of guanidine groups is 1. The Morgan fingerprint density at radius 2 is 2.22 bits per heavy atom. The average molecular weight is 264 g/mol. The molecule has 0 aliphatic rings. The minimum Gasteiger partial charge on any atom is -0.351 e. The highest BCUT2D eigenvalue weighted by Crippen LogP contribution is 2.02. The highest BCUT2D eigenvalue weighted by atomic mass is 32.1. The van der Waals surface area contributed by atoms with Gasteiger partial charge in [0.2, 0.25) is 0 Å². The number of hydrogen-bond donors (Lipinski definition) is 2. The van der Waals surface area contributed by atoms with Gasteiger partial charge in [0.15, 0.2) is 5.96 Å². The number of aromatic nitrogens is 3. The van der Waals surface area contributed by atoms with Crippen LogP contribution in [0.15, 0.2) is 28.8 Å². The van der Waals surface area contributed by atoms with E-state index in [2.05, 4.69) is 25.7 Å². The van der Waals surface area contributed by atoms with E-state index in [1.807, 2.05) is 23.2 Å². The van der Waals surface area contributed by atoms with E-state index in [0.717, 1.165) is 16.7 Å². The van der Waals surface area contributed by atoms with Crippen molar-refractivity contribution in [1.82, 2.24) is 25.4 Å². The smallest absolute Gasteiger partial charge is 0.191 e. The summed E-state index contributed by atoms with van der Waals surface area (Å²) in [6, 6.07) is 1.97. The van der Waals surface area contributed by atoms with E-state index in [1.165, 1.54) is 0 Å². The van der Waals surface area contributed by atoms with Crippen LogP contribution in [0.5, 0.6) is 0 Å². The number of aliphatic imine (C=N–C) groups is 1. The lowest BCUT2D eigenvalue weighted by Crippen LogP contribution is -2.36. The van der Waals surface area contributed by atoms with Gasteiger partial charge in [0.1, 0.15) is 5.01 Å². The summed E-state index contributed by atoms with van der Waals surface area (Å²) in [4.78, 5) is 8.36. The van der Waals surface area contributed by atoms with E-state index in [4.69, 9.17) is 0 Å². The van der Waals surface area contributed by atoms with Gasteiger partial charge in [-0.1, -0.05) is 0 Å². The van der Waals surface area contributed by atoms with Gasteiger partial charge in [-0.05, 0) is 6.07 Å². The standard InChI is InChI=1S/C11H16N6S/c1-12-11(15-8-10-13-5-6-18-10)14-7-9-3-4-16-17(9)2/h3-6H,7-8H2,1-2H3,(H2,12,14,15). The molecule has 7 heteroatoms. The molecule has 0 aliphatic carbocycles. The van der Waals surface area contributed by atoms with Gasteiger partial charge in [-0.2, -0.15) is 5.10 Å². The number of nitrogens with zero attached hydrogens (tertiary/aromatic N) is 4. The largest absolute Gasteiger partial charge is 0.351 e. The third-order valence-corrected chi connectivity index (χ3v) is 3.25. The SMILES string of the molecule is CN=C(NCc1nccs1)NCc1ccnn1C. The molecule has 96 valence electrons. The summed E-state index contributed by atoms with van der Waals surface area (Å²) in [6.07, 6.45) is 3.58. The first-order valence-electron chi connectivity index (χ1n) is 5.59. The van der Waals surface area contributed by atoms with Gasteiger partial charge in [-0.25, -0.2) is 4.98 Å².